The number of nitrogens with zero attached hydrogens (tertiary/aromatic N) is 6. The van der Waals surface area contributed by atoms with E-state index in [-0.39, 0.29) is 82.0 Å². The molecule has 0 saturated carbocycles. The van der Waals surface area contributed by atoms with Gasteiger partial charge in [-0.2, -0.15) is 0 Å². The van der Waals surface area contributed by atoms with Crippen LogP contribution in [0.3, 0.4) is 0 Å². The number of imidazole rings is 1. The van der Waals surface area contributed by atoms with E-state index in [1.165, 1.54) is 28.1 Å². The second kappa shape index (κ2) is 26.2. The minimum atomic E-state index is -4.85. The maximum absolute atomic E-state index is 15.5. The molecular weight excluding hydrogens is 1060 g/mol. The number of pyridine rings is 1. The molecule has 2 saturated heterocycles. The van der Waals surface area contributed by atoms with Crippen molar-refractivity contribution in [2.24, 2.45) is 5.41 Å². The van der Waals surface area contributed by atoms with E-state index in [1.807, 2.05) is 31.2 Å². The molecule has 2 unspecified atom stereocenters. The van der Waals surface area contributed by atoms with E-state index in [4.69, 9.17) is 19.6 Å². The van der Waals surface area contributed by atoms with Gasteiger partial charge in [-0.3, -0.25) is 24.0 Å². The summed E-state index contributed by atoms with van der Waals surface area (Å²) < 4.78 is 75.3. The van der Waals surface area contributed by atoms with Crippen LogP contribution in [-0.4, -0.2) is 146 Å². The molecule has 2 aliphatic rings. The third-order valence-electron chi connectivity index (χ3n) is 12.9. The molecule has 4 N–H and O–H groups in total. The molecule has 2 aliphatic heterocycles. The quantitative estimate of drug-likeness (QED) is 0.0199. The Morgan fingerprint density at radius 2 is 1.71 bits per heavy atom. The molecule has 2 fully saturated rings. The molecule has 5 heterocycles. The number of amides is 4. The lowest BCUT2D eigenvalue weighted by atomic mass is 9.85. The molecule has 6 atom stereocenters. The molecular formula is C53H62F4N9O10PS. The normalized spacial score (nSPS) is 18.0. The summed E-state index contributed by atoms with van der Waals surface area (Å²) in [7, 11) is 2.26. The molecule has 25 heteroatoms. The van der Waals surface area contributed by atoms with Crippen molar-refractivity contribution in [2.45, 2.75) is 110 Å². The Hall–Kier alpha value is -6.88. The highest BCUT2D eigenvalue weighted by molar-refractivity contribution is 7.41. The van der Waals surface area contributed by atoms with Crippen molar-refractivity contribution in [2.75, 3.05) is 39.5 Å². The highest BCUT2D eigenvalue weighted by atomic mass is 32.1. The Labute approximate surface area is 454 Å². The fourth-order valence-corrected chi connectivity index (χ4v) is 9.85. The van der Waals surface area contributed by atoms with E-state index in [0.29, 0.717) is 29.8 Å². The number of thiazole rings is 1. The second-order valence-corrected chi connectivity index (χ2v) is 21.4. The van der Waals surface area contributed by atoms with E-state index < -0.39 is 84.2 Å². The van der Waals surface area contributed by atoms with Gasteiger partial charge in [0.05, 0.1) is 64.8 Å². The van der Waals surface area contributed by atoms with Gasteiger partial charge in [0.25, 0.3) is 0 Å². The van der Waals surface area contributed by atoms with Gasteiger partial charge in [-0.1, -0.05) is 66.4 Å². The van der Waals surface area contributed by atoms with Crippen LogP contribution in [0, 0.1) is 17.7 Å². The lowest BCUT2D eigenvalue weighted by Crippen LogP contribution is -2.58. The molecule has 3 aromatic heterocycles. The van der Waals surface area contributed by atoms with Gasteiger partial charge < -0.3 is 54.5 Å². The first-order valence-electron chi connectivity index (χ1n) is 25.1. The monoisotopic (exact) mass is 1120 g/mol. The van der Waals surface area contributed by atoms with Crippen molar-refractivity contribution >= 4 is 55.6 Å². The molecule has 19 nitrogen and oxygen atoms in total. The van der Waals surface area contributed by atoms with Crippen molar-refractivity contribution in [1.29, 1.82) is 5.41 Å². The van der Waals surface area contributed by atoms with Crippen molar-refractivity contribution in [1.82, 2.24) is 40.0 Å². The molecule has 0 spiro atoms. The summed E-state index contributed by atoms with van der Waals surface area (Å²) in [5.74, 6) is -2.82. The van der Waals surface area contributed by atoms with Crippen LogP contribution >= 0.6 is 20.6 Å². The summed E-state index contributed by atoms with van der Waals surface area (Å²) in [4.78, 5) is 82.8. The number of hydrogen-bond acceptors (Lipinski definition) is 15. The Bertz CT molecular complexity index is 2920. The fraction of sp³-hybridized carbons (Fsp3) is 0.453. The van der Waals surface area contributed by atoms with Gasteiger partial charge in [0.1, 0.15) is 37.2 Å². The smallest absolute Gasteiger partial charge is 0.471 e. The van der Waals surface area contributed by atoms with E-state index >= 15 is 4.39 Å². The number of β-amino-alcohol motifs (C(OH)–C–C–N with tert-alkyl or cyclic N) is 1. The predicted octanol–water partition coefficient (Wildman–Crippen LogP) is 6.19. The lowest BCUT2D eigenvalue weighted by molar-refractivity contribution is -0.274. The zero-order valence-corrected chi connectivity index (χ0v) is 45.4. The number of hydrogen-bond donors (Lipinski definition) is 4. The van der Waals surface area contributed by atoms with Crippen LogP contribution in [0.25, 0.3) is 21.7 Å². The number of aliphatic hydroxyl groups excluding tert-OH is 1. The molecule has 78 heavy (non-hydrogen) atoms. The van der Waals surface area contributed by atoms with Crippen LogP contribution in [-0.2, 0) is 53.0 Å². The third kappa shape index (κ3) is 16.3. The van der Waals surface area contributed by atoms with Gasteiger partial charge in [-0.05, 0) is 53.6 Å². The zero-order chi connectivity index (χ0) is 56.3. The molecule has 4 amide bonds. The summed E-state index contributed by atoms with van der Waals surface area (Å²) in [6.07, 6.45) is -3.06. The SMILES string of the molecule is Cc1ncsc1-c1ccc(CNC(=O)[C@@H]2C[C@@H](O)CN2C(=O)[C@@H](NC(=O)COCCOC(=O)CCCn2cnc(-c3cnc(OC4CCN(C(=O)Cc5ccc(OC(F)(F)F)cc5)C[C@H]4F)c(C(=N)P)c3)c2)C(C)(C)C)cc1. The minimum absolute atomic E-state index is 0.0228. The molecule has 5 aromatic rings. The number of aliphatic hydroxyl groups is 1. The van der Waals surface area contributed by atoms with Crippen LogP contribution in [0.5, 0.6) is 11.6 Å². The number of likely N-dealkylation sites (tertiary alicyclic amines) is 2. The highest BCUT2D eigenvalue weighted by Gasteiger charge is 2.44. The number of aryl methyl sites for hydroxylation is 2. The number of alkyl halides is 4. The van der Waals surface area contributed by atoms with Crippen LogP contribution in [0.1, 0.15) is 68.8 Å². The first-order valence-corrected chi connectivity index (χ1v) is 26.5. The van der Waals surface area contributed by atoms with Gasteiger partial charge in [0, 0.05) is 63.4 Å². The molecule has 0 bridgehead atoms. The van der Waals surface area contributed by atoms with Crippen molar-refractivity contribution in [3.05, 3.63) is 101 Å². The minimum Gasteiger partial charge on any atom is -0.471 e. The third-order valence-corrected chi connectivity index (χ3v) is 14.2. The average molecular weight is 1120 g/mol. The van der Waals surface area contributed by atoms with E-state index in [2.05, 4.69) is 39.6 Å². The van der Waals surface area contributed by atoms with Crippen LogP contribution in [0.2, 0.25) is 0 Å². The maximum atomic E-state index is 15.5. The zero-order valence-electron chi connectivity index (χ0n) is 43.4. The number of ether oxygens (including phenoxy) is 4. The number of halogens is 4. The summed E-state index contributed by atoms with van der Waals surface area (Å²) in [5.41, 5.74) is 5.62. The second-order valence-electron chi connectivity index (χ2n) is 20.0. The molecule has 0 aliphatic carbocycles. The largest absolute Gasteiger partial charge is 0.573 e. The summed E-state index contributed by atoms with van der Waals surface area (Å²) in [5, 5.41) is 24.5. The Kier molecular flexibility index (Phi) is 19.7. The number of carbonyl (C=O) groups excluding carboxylic acids is 5. The van der Waals surface area contributed by atoms with Crippen LogP contribution in [0.4, 0.5) is 17.6 Å². The molecule has 7 rings (SSSR count). The summed E-state index contributed by atoms with van der Waals surface area (Å²) in [6, 6.07) is 12.3. The van der Waals surface area contributed by atoms with E-state index in [0.717, 1.165) is 33.8 Å². The summed E-state index contributed by atoms with van der Waals surface area (Å²) in [6.45, 7) is 7.05. The number of aromatic nitrogens is 4. The standard InChI is InChI=1S/C53H62F4N9O10PS/c1-31-46(78-30-62-31)34-11-7-33(8-12-34)23-59-49(71)41-22-36(67)25-66(41)51(72)47(52(2,3)4)63-43(68)28-73-18-19-74-45(70)6-5-16-64-27-40(61-29-64)35-21-38(48(58)77)50(60-24-35)75-42-15-17-65(26-39(42)54)44(69)20-32-9-13-37(14-10-32)76-53(55,56)57/h7-14,21,24,27,29-30,36,39,41-42,47,58,67H,5-6,15-20,22-23,25-26,28,77H2,1-4H3,(H,59,71)(H,63,68)/t36-,39-,41+,42?,47-/m1/s1. The van der Waals surface area contributed by atoms with Crippen molar-refractivity contribution in [3.63, 3.8) is 0 Å². The molecule has 418 valence electrons. The number of rotatable bonds is 22. The molecule has 0 radical (unpaired) electrons. The Morgan fingerprint density at radius 1 is 0.974 bits per heavy atom. The average Bonchev–Trinajstić information content (AvgIpc) is 4.21. The highest BCUT2D eigenvalue weighted by Crippen LogP contribution is 2.31. The van der Waals surface area contributed by atoms with Crippen molar-refractivity contribution in [3.8, 4) is 33.3 Å². The number of benzene rings is 2. The number of nitrogens with one attached hydrogen (secondary N) is 3. The van der Waals surface area contributed by atoms with Gasteiger partial charge in [0.2, 0.25) is 29.5 Å². The van der Waals surface area contributed by atoms with Crippen LogP contribution in [0.15, 0.2) is 78.8 Å². The first kappa shape index (κ1) is 58.8. The van der Waals surface area contributed by atoms with Gasteiger partial charge >= 0.3 is 12.3 Å². The van der Waals surface area contributed by atoms with Gasteiger partial charge in [-0.15, -0.1) is 24.5 Å². The molecule has 2 aromatic carbocycles. The lowest BCUT2D eigenvalue weighted by Gasteiger charge is -2.35. The maximum Gasteiger partial charge on any atom is 0.573 e. The Balaban J connectivity index is 0.798. The number of piperidine rings is 1. The predicted molar refractivity (Wildman–Crippen MR) is 282 cm³/mol. The topological polar surface area (TPSA) is 240 Å². The fourth-order valence-electron chi connectivity index (χ4n) is 8.83. The first-order chi connectivity index (χ1) is 37.0. The van der Waals surface area contributed by atoms with Crippen molar-refractivity contribution < 1.29 is 65.6 Å². The van der Waals surface area contributed by atoms with Gasteiger partial charge in [-0.25, -0.2) is 19.3 Å². The van der Waals surface area contributed by atoms with E-state index in [9.17, 15) is 42.3 Å². The van der Waals surface area contributed by atoms with E-state index in [1.54, 1.807) is 60.8 Å². The number of carbonyl (C=O) groups is 5. The van der Waals surface area contributed by atoms with Gasteiger partial charge in [0.15, 0.2) is 6.17 Å². The number of esters is 1. The Morgan fingerprint density at radius 3 is 2.37 bits per heavy atom. The van der Waals surface area contributed by atoms with Crippen LogP contribution < -0.4 is 20.1 Å². The summed E-state index contributed by atoms with van der Waals surface area (Å²) >= 11 is 1.55.